The molecule has 3 rings (SSSR count). The van der Waals surface area contributed by atoms with E-state index in [1.807, 2.05) is 0 Å². The van der Waals surface area contributed by atoms with Crippen LogP contribution in [0.3, 0.4) is 0 Å². The van der Waals surface area contributed by atoms with E-state index in [0.29, 0.717) is 11.6 Å². The second-order valence-electron chi connectivity index (χ2n) is 5.89. The number of hydrogen-bond acceptors (Lipinski definition) is 4. The van der Waals surface area contributed by atoms with Crippen molar-refractivity contribution in [2.45, 2.75) is 17.6 Å². The van der Waals surface area contributed by atoms with Crippen LogP contribution in [0.15, 0.2) is 53.8 Å². The molecule has 0 radical (unpaired) electrons. The second kappa shape index (κ2) is 7.53. The van der Waals surface area contributed by atoms with Gasteiger partial charge in [-0.2, -0.15) is 18.3 Å². The third-order valence-electron chi connectivity index (χ3n) is 3.93. The minimum Gasteiger partial charge on any atom is -0.268 e. The van der Waals surface area contributed by atoms with Crippen molar-refractivity contribution in [1.29, 1.82) is 0 Å². The number of halogens is 4. The van der Waals surface area contributed by atoms with Gasteiger partial charge < -0.3 is 0 Å². The molecule has 0 amide bonds. The number of aromatic nitrogens is 3. The van der Waals surface area contributed by atoms with E-state index in [1.54, 1.807) is 36.3 Å². The van der Waals surface area contributed by atoms with E-state index in [2.05, 4.69) is 14.8 Å². The molecule has 148 valence electrons. The van der Waals surface area contributed by atoms with Crippen molar-refractivity contribution < 1.29 is 21.6 Å². The lowest BCUT2D eigenvalue weighted by atomic mass is 10.1. The third-order valence-corrected chi connectivity index (χ3v) is 5.66. The molecule has 0 bridgehead atoms. The number of hydrogen-bond donors (Lipinski definition) is 1. The molecule has 11 heteroatoms. The normalized spacial score (nSPS) is 12.3. The van der Waals surface area contributed by atoms with Crippen molar-refractivity contribution in [2.24, 2.45) is 7.05 Å². The topological polar surface area (TPSA) is 76.9 Å². The van der Waals surface area contributed by atoms with Gasteiger partial charge in [-0.25, -0.2) is 13.1 Å². The van der Waals surface area contributed by atoms with Crippen LogP contribution >= 0.6 is 11.6 Å². The summed E-state index contributed by atoms with van der Waals surface area (Å²) in [7, 11) is -2.43. The molecule has 0 fully saturated rings. The average Bonchev–Trinajstić information content (AvgIpc) is 3.05. The third kappa shape index (κ3) is 4.34. The Bertz CT molecular complexity index is 1110. The van der Waals surface area contributed by atoms with E-state index >= 15 is 0 Å². The SMILES string of the molecule is Cn1nccc1-c1cncc(CNS(=O)(=O)c2ccc(Cl)c(C(F)(F)F)c2)c1. The Hall–Kier alpha value is -2.43. The predicted molar refractivity (Wildman–Crippen MR) is 96.9 cm³/mol. The lowest BCUT2D eigenvalue weighted by Crippen LogP contribution is -2.24. The number of benzene rings is 1. The molecule has 2 heterocycles. The van der Waals surface area contributed by atoms with Gasteiger partial charge in [0.2, 0.25) is 10.0 Å². The summed E-state index contributed by atoms with van der Waals surface area (Å²) in [4.78, 5) is 3.54. The smallest absolute Gasteiger partial charge is 0.268 e. The Morgan fingerprint density at radius 2 is 1.93 bits per heavy atom. The molecule has 0 saturated carbocycles. The largest absolute Gasteiger partial charge is 0.417 e. The van der Waals surface area contributed by atoms with Gasteiger partial charge in [0.15, 0.2) is 0 Å². The van der Waals surface area contributed by atoms with Gasteiger partial charge in [-0.15, -0.1) is 0 Å². The van der Waals surface area contributed by atoms with Crippen LogP contribution in [0.25, 0.3) is 11.3 Å². The van der Waals surface area contributed by atoms with Gasteiger partial charge in [0.05, 0.1) is 21.2 Å². The van der Waals surface area contributed by atoms with Crippen LogP contribution in [0.2, 0.25) is 5.02 Å². The second-order valence-corrected chi connectivity index (χ2v) is 8.06. The minimum atomic E-state index is -4.76. The van der Waals surface area contributed by atoms with Crippen LogP contribution in [-0.4, -0.2) is 23.2 Å². The van der Waals surface area contributed by atoms with Crippen LogP contribution in [0, 0.1) is 0 Å². The maximum atomic E-state index is 13.0. The molecule has 6 nitrogen and oxygen atoms in total. The first-order valence-corrected chi connectivity index (χ1v) is 9.73. The van der Waals surface area contributed by atoms with Gasteiger partial charge in [-0.05, 0) is 35.9 Å². The highest BCUT2D eigenvalue weighted by Crippen LogP contribution is 2.35. The van der Waals surface area contributed by atoms with E-state index in [-0.39, 0.29) is 6.54 Å². The maximum absolute atomic E-state index is 13.0. The molecule has 0 saturated heterocycles. The molecule has 0 spiro atoms. The zero-order valence-corrected chi connectivity index (χ0v) is 16.0. The number of alkyl halides is 3. The number of rotatable bonds is 5. The molecular formula is C17H14ClF3N4O2S. The Balaban J connectivity index is 1.82. The first-order chi connectivity index (χ1) is 13.1. The Labute approximate surface area is 164 Å². The fraction of sp³-hybridized carbons (Fsp3) is 0.176. The van der Waals surface area contributed by atoms with Crippen LogP contribution in [0.5, 0.6) is 0 Å². The summed E-state index contributed by atoms with van der Waals surface area (Å²) in [6.45, 7) is -0.148. The molecule has 0 aliphatic carbocycles. The zero-order valence-electron chi connectivity index (χ0n) is 14.4. The molecule has 2 aromatic heterocycles. The molecule has 3 aromatic rings. The van der Waals surface area contributed by atoms with Crippen molar-refractivity contribution in [2.75, 3.05) is 0 Å². The lowest BCUT2D eigenvalue weighted by molar-refractivity contribution is -0.137. The Morgan fingerprint density at radius 3 is 2.57 bits per heavy atom. The monoisotopic (exact) mass is 430 g/mol. The maximum Gasteiger partial charge on any atom is 0.417 e. The van der Waals surface area contributed by atoms with Crippen LogP contribution in [0.4, 0.5) is 13.2 Å². The van der Waals surface area contributed by atoms with E-state index in [9.17, 15) is 21.6 Å². The van der Waals surface area contributed by atoms with Crippen molar-refractivity contribution in [3.63, 3.8) is 0 Å². The van der Waals surface area contributed by atoms with Gasteiger partial charge in [0.25, 0.3) is 0 Å². The number of nitrogens with zero attached hydrogens (tertiary/aromatic N) is 3. The van der Waals surface area contributed by atoms with Crippen molar-refractivity contribution in [3.05, 3.63) is 65.1 Å². The molecular weight excluding hydrogens is 417 g/mol. The molecule has 1 aromatic carbocycles. The van der Waals surface area contributed by atoms with E-state index in [0.717, 1.165) is 23.4 Å². The summed E-state index contributed by atoms with van der Waals surface area (Å²) < 4.78 is 67.6. The zero-order chi connectivity index (χ0) is 20.5. The van der Waals surface area contributed by atoms with Crippen molar-refractivity contribution >= 4 is 21.6 Å². The molecule has 0 unspecified atom stereocenters. The molecule has 0 aliphatic rings. The fourth-order valence-corrected chi connectivity index (χ4v) is 3.80. The molecule has 0 aliphatic heterocycles. The van der Waals surface area contributed by atoms with Crippen molar-refractivity contribution in [3.8, 4) is 11.3 Å². The van der Waals surface area contributed by atoms with Crippen LogP contribution < -0.4 is 4.72 Å². The standard InChI is InChI=1S/C17H14ClF3N4O2S/c1-25-16(4-5-23-25)12-6-11(8-22-10-12)9-24-28(26,27)13-2-3-15(18)14(7-13)17(19,20)21/h2-8,10,24H,9H2,1H3. The van der Waals surface area contributed by atoms with Gasteiger partial charge in [-0.3, -0.25) is 9.67 Å². The Morgan fingerprint density at radius 1 is 1.18 bits per heavy atom. The van der Waals surface area contributed by atoms with Crippen molar-refractivity contribution in [1.82, 2.24) is 19.5 Å². The molecule has 28 heavy (non-hydrogen) atoms. The van der Waals surface area contributed by atoms with Gasteiger partial charge in [-0.1, -0.05) is 11.6 Å². The van der Waals surface area contributed by atoms with Gasteiger partial charge >= 0.3 is 6.18 Å². The van der Waals surface area contributed by atoms with E-state index in [4.69, 9.17) is 11.6 Å². The summed E-state index contributed by atoms with van der Waals surface area (Å²) in [5.41, 5.74) is 0.830. The number of pyridine rings is 1. The Kier molecular flexibility index (Phi) is 5.46. The summed E-state index contributed by atoms with van der Waals surface area (Å²) in [6, 6.07) is 5.93. The lowest BCUT2D eigenvalue weighted by Gasteiger charge is -2.12. The van der Waals surface area contributed by atoms with Crippen LogP contribution in [-0.2, 0) is 29.8 Å². The highest BCUT2D eigenvalue weighted by molar-refractivity contribution is 7.89. The first-order valence-electron chi connectivity index (χ1n) is 7.86. The number of aryl methyl sites for hydroxylation is 1. The summed E-state index contributed by atoms with van der Waals surface area (Å²) in [6.07, 6.45) is -0.0807. The number of nitrogens with one attached hydrogen (secondary N) is 1. The minimum absolute atomic E-state index is 0.148. The summed E-state index contributed by atoms with van der Waals surface area (Å²) >= 11 is 5.53. The summed E-state index contributed by atoms with van der Waals surface area (Å²) in [5.74, 6) is 0. The molecule has 1 N–H and O–H groups in total. The van der Waals surface area contributed by atoms with Gasteiger partial charge in [0, 0.05) is 37.7 Å². The highest BCUT2D eigenvalue weighted by Gasteiger charge is 2.34. The fourth-order valence-electron chi connectivity index (χ4n) is 2.53. The van der Waals surface area contributed by atoms with Gasteiger partial charge in [0.1, 0.15) is 0 Å². The van der Waals surface area contributed by atoms with E-state index in [1.165, 1.54) is 6.20 Å². The average molecular weight is 431 g/mol. The predicted octanol–water partition coefficient (Wildman–Crippen LogP) is 3.63. The molecule has 0 atom stereocenters. The quantitative estimate of drug-likeness (QED) is 0.670. The highest BCUT2D eigenvalue weighted by atomic mass is 35.5. The number of sulfonamides is 1. The van der Waals surface area contributed by atoms with Crippen LogP contribution in [0.1, 0.15) is 11.1 Å². The van der Waals surface area contributed by atoms with E-state index < -0.39 is 31.7 Å². The first kappa shape index (κ1) is 20.3. The summed E-state index contributed by atoms with van der Waals surface area (Å²) in [5, 5.41) is 3.49.